The molecule has 25 heavy (non-hydrogen) atoms. The fraction of sp³-hybridized carbons (Fsp3) is 0.550. The van der Waals surface area contributed by atoms with Gasteiger partial charge in [-0.3, -0.25) is 9.88 Å². The van der Waals surface area contributed by atoms with Crippen molar-refractivity contribution in [3.05, 3.63) is 52.0 Å². The van der Waals surface area contributed by atoms with Crippen LogP contribution in [0.2, 0.25) is 0 Å². The van der Waals surface area contributed by atoms with Gasteiger partial charge >= 0.3 is 0 Å². The van der Waals surface area contributed by atoms with E-state index < -0.39 is 0 Å². The van der Waals surface area contributed by atoms with Gasteiger partial charge in [-0.15, -0.1) is 0 Å². The molecule has 1 saturated heterocycles. The lowest BCUT2D eigenvalue weighted by atomic mass is 10.1. The number of ether oxygens (including phenoxy) is 2. The van der Waals surface area contributed by atoms with Crippen LogP contribution in [-0.2, 0) is 22.6 Å². The summed E-state index contributed by atoms with van der Waals surface area (Å²) in [5, 5.41) is 4.42. The zero-order chi connectivity index (χ0) is 17.1. The van der Waals surface area contributed by atoms with Crippen LogP contribution in [0.1, 0.15) is 29.8 Å². The summed E-state index contributed by atoms with van der Waals surface area (Å²) >= 11 is 1.78. The molecule has 0 bridgehead atoms. The maximum Gasteiger partial charge on any atom is 0.0888 e. The van der Waals surface area contributed by atoms with Crippen LogP contribution in [-0.4, -0.2) is 41.8 Å². The molecule has 3 heterocycles. The van der Waals surface area contributed by atoms with Gasteiger partial charge in [0.25, 0.3) is 0 Å². The standard InChI is InChI=1S/C20H26N2O2S/c1-15-3-2-4-18(21-15)13-23-12-17-9-19-20(10-17)24-7-6-22(19)11-16-5-8-25-14-16/h2-5,8,14,17,19-20H,6-7,9-13H2,1H3. The Morgan fingerprint density at radius 2 is 2.28 bits per heavy atom. The summed E-state index contributed by atoms with van der Waals surface area (Å²) < 4.78 is 12.0. The molecule has 0 spiro atoms. The first-order valence-corrected chi connectivity index (χ1v) is 10.1. The second-order valence-corrected chi connectivity index (χ2v) is 7.98. The van der Waals surface area contributed by atoms with Crippen LogP contribution in [0.25, 0.3) is 0 Å². The molecule has 3 atom stereocenters. The average Bonchev–Trinajstić information content (AvgIpc) is 3.25. The molecule has 2 aromatic heterocycles. The quantitative estimate of drug-likeness (QED) is 0.789. The molecule has 4 nitrogen and oxygen atoms in total. The SMILES string of the molecule is Cc1cccc(COCC2CC3OCCN(Cc4ccsc4)C3C2)n1. The first-order valence-electron chi connectivity index (χ1n) is 9.15. The molecular formula is C20H26N2O2S. The Bertz CT molecular complexity index is 676. The molecule has 0 radical (unpaired) electrons. The predicted molar refractivity (Wildman–Crippen MR) is 99.6 cm³/mol. The van der Waals surface area contributed by atoms with Crippen LogP contribution in [0.15, 0.2) is 35.0 Å². The largest absolute Gasteiger partial charge is 0.375 e. The number of nitrogens with zero attached hydrogens (tertiary/aromatic N) is 2. The highest BCUT2D eigenvalue weighted by molar-refractivity contribution is 7.07. The Kier molecular flexibility index (Phi) is 5.46. The summed E-state index contributed by atoms with van der Waals surface area (Å²) in [7, 11) is 0. The number of pyridine rings is 1. The minimum Gasteiger partial charge on any atom is -0.375 e. The van der Waals surface area contributed by atoms with Gasteiger partial charge in [0.15, 0.2) is 0 Å². The smallest absolute Gasteiger partial charge is 0.0888 e. The molecule has 2 aliphatic rings. The van der Waals surface area contributed by atoms with Gasteiger partial charge in [-0.2, -0.15) is 11.3 Å². The molecule has 1 aliphatic heterocycles. The molecular weight excluding hydrogens is 332 g/mol. The van der Waals surface area contributed by atoms with Crippen LogP contribution < -0.4 is 0 Å². The molecule has 0 N–H and O–H groups in total. The Balaban J connectivity index is 1.29. The summed E-state index contributed by atoms with van der Waals surface area (Å²) in [6.07, 6.45) is 2.67. The minimum atomic E-state index is 0.373. The van der Waals surface area contributed by atoms with Gasteiger partial charge in [-0.25, -0.2) is 0 Å². The monoisotopic (exact) mass is 358 g/mol. The Labute approximate surface area is 153 Å². The van der Waals surface area contributed by atoms with Gasteiger partial charge in [-0.1, -0.05) is 6.07 Å². The summed E-state index contributed by atoms with van der Waals surface area (Å²) in [5.74, 6) is 0.586. The van der Waals surface area contributed by atoms with Gasteiger partial charge in [0, 0.05) is 24.8 Å². The molecule has 3 unspecified atom stereocenters. The number of morpholine rings is 1. The lowest BCUT2D eigenvalue weighted by Crippen LogP contribution is -2.47. The van der Waals surface area contributed by atoms with Crippen molar-refractivity contribution in [2.75, 3.05) is 19.8 Å². The van der Waals surface area contributed by atoms with Crippen molar-refractivity contribution in [1.82, 2.24) is 9.88 Å². The van der Waals surface area contributed by atoms with Crippen LogP contribution in [0, 0.1) is 12.8 Å². The van der Waals surface area contributed by atoms with Crippen LogP contribution in [0.3, 0.4) is 0 Å². The van der Waals surface area contributed by atoms with Crippen molar-refractivity contribution < 1.29 is 9.47 Å². The van der Waals surface area contributed by atoms with E-state index in [1.165, 1.54) is 12.0 Å². The van der Waals surface area contributed by atoms with E-state index in [0.717, 1.165) is 44.1 Å². The molecule has 0 amide bonds. The maximum atomic E-state index is 6.05. The third-order valence-electron chi connectivity index (χ3n) is 5.26. The lowest BCUT2D eigenvalue weighted by molar-refractivity contribution is -0.0591. The Morgan fingerprint density at radius 3 is 3.12 bits per heavy atom. The van der Waals surface area contributed by atoms with Crippen molar-refractivity contribution in [2.45, 2.75) is 45.1 Å². The third kappa shape index (κ3) is 4.29. The topological polar surface area (TPSA) is 34.6 Å². The number of hydrogen-bond donors (Lipinski definition) is 0. The van der Waals surface area contributed by atoms with E-state index in [-0.39, 0.29) is 0 Å². The van der Waals surface area contributed by atoms with Crippen molar-refractivity contribution in [3.8, 4) is 0 Å². The van der Waals surface area contributed by atoms with Crippen LogP contribution >= 0.6 is 11.3 Å². The summed E-state index contributed by atoms with van der Waals surface area (Å²) in [6, 6.07) is 8.87. The third-order valence-corrected chi connectivity index (χ3v) is 6.00. The van der Waals surface area contributed by atoms with Crippen LogP contribution in [0.5, 0.6) is 0 Å². The summed E-state index contributed by atoms with van der Waals surface area (Å²) in [4.78, 5) is 7.12. The average molecular weight is 359 g/mol. The molecule has 2 aromatic rings. The highest BCUT2D eigenvalue weighted by Gasteiger charge is 2.40. The maximum absolute atomic E-state index is 6.05. The van der Waals surface area contributed by atoms with Gasteiger partial charge in [0.05, 0.1) is 31.6 Å². The second-order valence-electron chi connectivity index (χ2n) is 7.20. The van der Waals surface area contributed by atoms with E-state index >= 15 is 0 Å². The van der Waals surface area contributed by atoms with Gasteiger partial charge in [0.1, 0.15) is 0 Å². The fourth-order valence-electron chi connectivity index (χ4n) is 4.09. The van der Waals surface area contributed by atoms with Crippen molar-refractivity contribution >= 4 is 11.3 Å². The zero-order valence-corrected chi connectivity index (χ0v) is 15.6. The second kappa shape index (κ2) is 7.96. The summed E-state index contributed by atoms with van der Waals surface area (Å²) in [5.41, 5.74) is 3.49. The number of aryl methyl sites for hydroxylation is 1. The van der Waals surface area contributed by atoms with E-state index in [2.05, 4.69) is 26.7 Å². The Morgan fingerprint density at radius 1 is 1.32 bits per heavy atom. The number of thiophene rings is 1. The van der Waals surface area contributed by atoms with Gasteiger partial charge in [-0.05, 0) is 60.2 Å². The number of aromatic nitrogens is 1. The number of fused-ring (bicyclic) bond motifs is 1. The Hall–Kier alpha value is -1.27. The van der Waals surface area contributed by atoms with E-state index in [0.29, 0.717) is 24.7 Å². The van der Waals surface area contributed by atoms with Crippen molar-refractivity contribution in [1.29, 1.82) is 0 Å². The van der Waals surface area contributed by atoms with E-state index in [1.807, 2.05) is 25.1 Å². The molecule has 1 saturated carbocycles. The zero-order valence-electron chi connectivity index (χ0n) is 14.8. The molecule has 2 fully saturated rings. The number of hydrogen-bond acceptors (Lipinski definition) is 5. The van der Waals surface area contributed by atoms with E-state index in [1.54, 1.807) is 11.3 Å². The molecule has 1 aliphatic carbocycles. The first-order chi connectivity index (χ1) is 12.3. The molecule has 4 rings (SSSR count). The molecule has 134 valence electrons. The highest BCUT2D eigenvalue weighted by Crippen LogP contribution is 2.35. The van der Waals surface area contributed by atoms with E-state index in [4.69, 9.17) is 9.47 Å². The summed E-state index contributed by atoms with van der Waals surface area (Å²) in [6.45, 7) is 6.37. The van der Waals surface area contributed by atoms with Gasteiger partial charge < -0.3 is 9.47 Å². The van der Waals surface area contributed by atoms with Crippen LogP contribution in [0.4, 0.5) is 0 Å². The highest BCUT2D eigenvalue weighted by atomic mass is 32.1. The first kappa shape index (κ1) is 17.2. The fourth-order valence-corrected chi connectivity index (χ4v) is 4.75. The molecule has 5 heteroatoms. The predicted octanol–water partition coefficient (Wildman–Crippen LogP) is 3.65. The van der Waals surface area contributed by atoms with E-state index in [9.17, 15) is 0 Å². The normalized spacial score (nSPS) is 26.7. The van der Waals surface area contributed by atoms with Crippen molar-refractivity contribution in [3.63, 3.8) is 0 Å². The lowest BCUT2D eigenvalue weighted by Gasteiger charge is -2.37. The number of rotatable bonds is 6. The van der Waals surface area contributed by atoms with Gasteiger partial charge in [0.2, 0.25) is 0 Å². The minimum absolute atomic E-state index is 0.373. The molecule has 0 aromatic carbocycles. The van der Waals surface area contributed by atoms with Crippen molar-refractivity contribution in [2.24, 2.45) is 5.92 Å².